The fourth-order valence-corrected chi connectivity index (χ4v) is 3.37. The summed E-state index contributed by atoms with van der Waals surface area (Å²) in [4.78, 5) is 12.1. The minimum Gasteiger partial charge on any atom is -0.494 e. The van der Waals surface area contributed by atoms with Crippen molar-refractivity contribution in [2.45, 2.75) is 20.0 Å². The van der Waals surface area contributed by atoms with Crippen molar-refractivity contribution in [1.29, 1.82) is 0 Å². The van der Waals surface area contributed by atoms with Crippen molar-refractivity contribution in [3.8, 4) is 11.5 Å². The van der Waals surface area contributed by atoms with E-state index >= 15 is 0 Å². The fourth-order valence-electron chi connectivity index (χ4n) is 2.73. The van der Waals surface area contributed by atoms with Gasteiger partial charge in [0.2, 0.25) is 5.91 Å². The van der Waals surface area contributed by atoms with E-state index in [1.54, 1.807) is 6.21 Å². The molecule has 0 aliphatic rings. The number of halogens is 2. The SMILES string of the molecule is CCOc1ccc(CC(=O)N/N=C/c2ccc(OCc3ccc(Cl)cc3)c(Br)c2)cc1. The molecule has 31 heavy (non-hydrogen) atoms. The average Bonchev–Trinajstić information content (AvgIpc) is 2.76. The molecule has 3 aromatic rings. The van der Waals surface area contributed by atoms with Crippen LogP contribution in [0.15, 0.2) is 76.3 Å². The number of hydrogen-bond acceptors (Lipinski definition) is 4. The summed E-state index contributed by atoms with van der Waals surface area (Å²) in [5.41, 5.74) is 5.29. The van der Waals surface area contributed by atoms with Crippen molar-refractivity contribution in [2.75, 3.05) is 6.61 Å². The van der Waals surface area contributed by atoms with E-state index in [1.807, 2.05) is 73.7 Å². The Morgan fingerprint density at radius 1 is 1.03 bits per heavy atom. The minimum absolute atomic E-state index is 0.192. The van der Waals surface area contributed by atoms with Crippen LogP contribution in [0.1, 0.15) is 23.6 Å². The van der Waals surface area contributed by atoms with Crippen LogP contribution in [0.4, 0.5) is 0 Å². The largest absolute Gasteiger partial charge is 0.494 e. The first-order valence-electron chi connectivity index (χ1n) is 9.74. The highest BCUT2D eigenvalue weighted by molar-refractivity contribution is 9.10. The highest BCUT2D eigenvalue weighted by Crippen LogP contribution is 2.26. The van der Waals surface area contributed by atoms with Crippen LogP contribution in [0.3, 0.4) is 0 Å². The van der Waals surface area contributed by atoms with E-state index in [4.69, 9.17) is 21.1 Å². The molecule has 0 saturated carbocycles. The lowest BCUT2D eigenvalue weighted by Crippen LogP contribution is -2.19. The normalized spacial score (nSPS) is 10.8. The summed E-state index contributed by atoms with van der Waals surface area (Å²) in [6, 6.07) is 20.5. The molecule has 0 aromatic heterocycles. The van der Waals surface area contributed by atoms with Gasteiger partial charge < -0.3 is 9.47 Å². The average molecular weight is 502 g/mol. The quantitative estimate of drug-likeness (QED) is 0.299. The van der Waals surface area contributed by atoms with Gasteiger partial charge >= 0.3 is 0 Å². The van der Waals surface area contributed by atoms with Gasteiger partial charge in [-0.1, -0.05) is 35.9 Å². The summed E-state index contributed by atoms with van der Waals surface area (Å²) in [5, 5.41) is 4.73. The number of nitrogens with zero attached hydrogens (tertiary/aromatic N) is 1. The maximum absolute atomic E-state index is 12.1. The molecule has 3 aromatic carbocycles. The van der Waals surface area contributed by atoms with Gasteiger partial charge in [0.15, 0.2) is 0 Å². The molecule has 1 amide bonds. The Balaban J connectivity index is 1.49. The molecule has 0 spiro atoms. The van der Waals surface area contributed by atoms with Crippen LogP contribution in [-0.2, 0) is 17.8 Å². The molecule has 0 radical (unpaired) electrons. The van der Waals surface area contributed by atoms with E-state index in [-0.39, 0.29) is 12.3 Å². The van der Waals surface area contributed by atoms with Gasteiger partial charge in [-0.15, -0.1) is 0 Å². The van der Waals surface area contributed by atoms with Gasteiger partial charge in [0.1, 0.15) is 18.1 Å². The summed E-state index contributed by atoms with van der Waals surface area (Å²) in [5.74, 6) is 1.31. The van der Waals surface area contributed by atoms with Crippen molar-refractivity contribution < 1.29 is 14.3 Å². The maximum atomic E-state index is 12.1. The summed E-state index contributed by atoms with van der Waals surface area (Å²) in [7, 11) is 0. The number of carbonyl (C=O) groups is 1. The summed E-state index contributed by atoms with van der Waals surface area (Å²) < 4.78 is 12.0. The lowest BCUT2D eigenvalue weighted by Gasteiger charge is -2.09. The summed E-state index contributed by atoms with van der Waals surface area (Å²) >= 11 is 9.41. The molecule has 3 rings (SSSR count). The van der Waals surface area contributed by atoms with Crippen molar-refractivity contribution in [3.63, 3.8) is 0 Å². The van der Waals surface area contributed by atoms with Crippen molar-refractivity contribution in [1.82, 2.24) is 5.43 Å². The van der Waals surface area contributed by atoms with E-state index in [9.17, 15) is 4.79 Å². The monoisotopic (exact) mass is 500 g/mol. The Morgan fingerprint density at radius 2 is 1.74 bits per heavy atom. The Bertz CT molecular complexity index is 1040. The Hall–Kier alpha value is -2.83. The van der Waals surface area contributed by atoms with Crippen LogP contribution < -0.4 is 14.9 Å². The van der Waals surface area contributed by atoms with Gasteiger partial charge in [-0.25, -0.2) is 5.43 Å². The number of rotatable bonds is 9. The minimum atomic E-state index is -0.192. The van der Waals surface area contributed by atoms with E-state index < -0.39 is 0 Å². The van der Waals surface area contributed by atoms with E-state index in [0.29, 0.717) is 24.0 Å². The molecule has 0 unspecified atom stereocenters. The van der Waals surface area contributed by atoms with E-state index in [0.717, 1.165) is 26.9 Å². The van der Waals surface area contributed by atoms with Crippen LogP contribution in [0, 0.1) is 0 Å². The second-order valence-electron chi connectivity index (χ2n) is 6.65. The van der Waals surface area contributed by atoms with Gasteiger partial charge in [-0.05, 0) is 82.0 Å². The van der Waals surface area contributed by atoms with Gasteiger partial charge in [0, 0.05) is 5.02 Å². The lowest BCUT2D eigenvalue weighted by atomic mass is 10.1. The first kappa shape index (κ1) is 22.8. The predicted molar refractivity (Wildman–Crippen MR) is 127 cm³/mol. The zero-order chi connectivity index (χ0) is 22.1. The Kier molecular flexibility index (Phi) is 8.50. The lowest BCUT2D eigenvalue weighted by molar-refractivity contribution is -0.120. The number of hydrazone groups is 1. The fraction of sp³-hybridized carbons (Fsp3) is 0.167. The molecule has 0 aliphatic heterocycles. The van der Waals surface area contributed by atoms with E-state index in [2.05, 4.69) is 26.5 Å². The molecule has 0 saturated heterocycles. The third-order valence-electron chi connectivity index (χ3n) is 4.27. The maximum Gasteiger partial charge on any atom is 0.244 e. The third kappa shape index (κ3) is 7.42. The molecule has 160 valence electrons. The van der Waals surface area contributed by atoms with E-state index in [1.165, 1.54) is 0 Å². The van der Waals surface area contributed by atoms with Gasteiger partial charge in [-0.3, -0.25) is 4.79 Å². The number of nitrogens with one attached hydrogen (secondary N) is 1. The first-order chi connectivity index (χ1) is 15.0. The standard InChI is InChI=1S/C24H22BrClN2O3/c1-2-30-21-10-5-17(6-11-21)14-24(29)28-27-15-19-7-12-23(22(25)13-19)31-16-18-3-8-20(26)9-4-18/h3-13,15H,2,14,16H2,1H3,(H,28,29)/b27-15+. The zero-order valence-electron chi connectivity index (χ0n) is 17.0. The third-order valence-corrected chi connectivity index (χ3v) is 5.14. The molecule has 1 N–H and O–H groups in total. The van der Waals surface area contributed by atoms with Crippen LogP contribution in [0.2, 0.25) is 5.02 Å². The van der Waals surface area contributed by atoms with Crippen LogP contribution >= 0.6 is 27.5 Å². The zero-order valence-corrected chi connectivity index (χ0v) is 19.3. The molecule has 0 fully saturated rings. The number of ether oxygens (including phenoxy) is 2. The van der Waals surface area contributed by atoms with Gasteiger partial charge in [-0.2, -0.15) is 5.10 Å². The smallest absolute Gasteiger partial charge is 0.244 e. The molecule has 7 heteroatoms. The molecule has 0 aliphatic carbocycles. The Morgan fingerprint density at radius 3 is 2.42 bits per heavy atom. The number of hydrogen-bond donors (Lipinski definition) is 1. The van der Waals surface area contributed by atoms with Crippen LogP contribution in [-0.4, -0.2) is 18.7 Å². The molecule has 0 bridgehead atoms. The second-order valence-corrected chi connectivity index (χ2v) is 7.94. The number of carbonyl (C=O) groups excluding carboxylic acids is 1. The Labute approximate surface area is 195 Å². The number of amides is 1. The molecule has 0 heterocycles. The van der Waals surface area contributed by atoms with Crippen LogP contribution in [0.25, 0.3) is 0 Å². The highest BCUT2D eigenvalue weighted by Gasteiger charge is 2.05. The van der Waals surface area contributed by atoms with Crippen LogP contribution in [0.5, 0.6) is 11.5 Å². The predicted octanol–water partition coefficient (Wildman–Crippen LogP) is 5.77. The van der Waals surface area contributed by atoms with Crippen molar-refractivity contribution >= 4 is 39.7 Å². The van der Waals surface area contributed by atoms with Gasteiger partial charge in [0.05, 0.1) is 23.7 Å². The first-order valence-corrected chi connectivity index (χ1v) is 10.9. The van der Waals surface area contributed by atoms with Crippen molar-refractivity contribution in [3.05, 3.63) is 92.9 Å². The summed E-state index contributed by atoms with van der Waals surface area (Å²) in [6.45, 7) is 2.98. The summed E-state index contributed by atoms with van der Waals surface area (Å²) in [6.07, 6.45) is 1.83. The molecular weight excluding hydrogens is 480 g/mol. The number of benzene rings is 3. The topological polar surface area (TPSA) is 59.9 Å². The molecule has 0 atom stereocenters. The van der Waals surface area contributed by atoms with Crippen molar-refractivity contribution in [2.24, 2.45) is 5.10 Å². The molecular formula is C24H22BrClN2O3. The second kappa shape index (κ2) is 11.5. The highest BCUT2D eigenvalue weighted by atomic mass is 79.9. The van der Waals surface area contributed by atoms with Gasteiger partial charge in [0.25, 0.3) is 0 Å². The molecule has 5 nitrogen and oxygen atoms in total.